The third-order valence-electron chi connectivity index (χ3n) is 4.77. The Morgan fingerprint density at radius 3 is 1.91 bits per heavy atom. The fourth-order valence-corrected chi connectivity index (χ4v) is 4.45. The van der Waals surface area contributed by atoms with Crippen LogP contribution in [0.25, 0.3) is 0 Å². The molecule has 0 rings (SSSR count). The van der Waals surface area contributed by atoms with Gasteiger partial charge in [-0.15, -0.1) is 0 Å². The van der Waals surface area contributed by atoms with E-state index in [4.69, 9.17) is 13.8 Å². The van der Waals surface area contributed by atoms with Gasteiger partial charge in [-0.05, 0) is 52.9 Å². The van der Waals surface area contributed by atoms with Crippen molar-refractivity contribution in [3.8, 4) is 0 Å². The van der Waals surface area contributed by atoms with E-state index >= 15 is 0 Å². The molecule has 0 saturated carbocycles. The molecule has 3 amide bonds. The van der Waals surface area contributed by atoms with Crippen LogP contribution in [0, 0.1) is 5.92 Å². The zero-order chi connectivity index (χ0) is 27.0. The number of unbranched alkanes of at least 4 members (excludes halogenated alkanes) is 1. The molecule has 0 heterocycles. The van der Waals surface area contributed by atoms with Crippen molar-refractivity contribution in [3.05, 3.63) is 0 Å². The Bertz CT molecular complexity index is 724. The normalized spacial score (nSPS) is 14.1. The van der Waals surface area contributed by atoms with Crippen LogP contribution in [0.4, 0.5) is 0 Å². The van der Waals surface area contributed by atoms with Crippen LogP contribution in [-0.2, 0) is 37.5 Å². The van der Waals surface area contributed by atoms with Crippen LogP contribution in [0.3, 0.4) is 0 Å². The lowest BCUT2D eigenvalue weighted by Crippen LogP contribution is -2.56. The zero-order valence-electron chi connectivity index (χ0n) is 22.0. The molecule has 0 aromatic heterocycles. The van der Waals surface area contributed by atoms with Crippen molar-refractivity contribution in [3.63, 3.8) is 0 Å². The molecule has 3 atom stereocenters. The SMILES string of the molecule is CCOC(=O)[C@@H](NC(=O)[C@H](CCCCNP(=O)(OCC)OCC)NC(=O)[C@H](C)NC(C)=O)C(C)C. The van der Waals surface area contributed by atoms with E-state index in [0.717, 1.165) is 0 Å². The molecule has 0 fully saturated rings. The maximum atomic E-state index is 13.0. The lowest BCUT2D eigenvalue weighted by Gasteiger charge is -2.25. The molecular formula is C22H43N4O8P. The molecule has 4 N–H and O–H groups in total. The second kappa shape index (κ2) is 17.4. The van der Waals surface area contributed by atoms with Crippen molar-refractivity contribution in [2.75, 3.05) is 26.4 Å². The molecule has 35 heavy (non-hydrogen) atoms. The molecule has 0 aliphatic rings. The Kier molecular flexibility index (Phi) is 16.4. The van der Waals surface area contributed by atoms with E-state index in [2.05, 4.69) is 21.0 Å². The van der Waals surface area contributed by atoms with Crippen molar-refractivity contribution in [1.82, 2.24) is 21.0 Å². The van der Waals surface area contributed by atoms with Crippen molar-refractivity contribution < 1.29 is 37.5 Å². The highest BCUT2D eigenvalue weighted by Gasteiger charge is 2.30. The van der Waals surface area contributed by atoms with E-state index in [0.29, 0.717) is 19.4 Å². The van der Waals surface area contributed by atoms with Crippen molar-refractivity contribution in [1.29, 1.82) is 0 Å². The molecule has 0 aliphatic heterocycles. The zero-order valence-corrected chi connectivity index (χ0v) is 22.9. The third kappa shape index (κ3) is 13.6. The first-order valence-electron chi connectivity index (χ1n) is 12.1. The number of hydrogen-bond acceptors (Lipinski definition) is 8. The minimum atomic E-state index is -3.39. The maximum Gasteiger partial charge on any atom is 0.405 e. The van der Waals surface area contributed by atoms with Gasteiger partial charge in [-0.25, -0.2) is 14.4 Å². The summed E-state index contributed by atoms with van der Waals surface area (Å²) in [7, 11) is -3.39. The predicted molar refractivity (Wildman–Crippen MR) is 131 cm³/mol. The maximum absolute atomic E-state index is 13.0. The molecule has 0 aromatic rings. The number of carbonyl (C=O) groups excluding carboxylic acids is 4. The van der Waals surface area contributed by atoms with Crippen LogP contribution in [0.15, 0.2) is 0 Å². The van der Waals surface area contributed by atoms with Gasteiger partial charge in [0.25, 0.3) is 0 Å². The molecule has 0 aromatic carbocycles. The summed E-state index contributed by atoms with van der Waals surface area (Å²) < 4.78 is 27.9. The second-order valence-corrected chi connectivity index (χ2v) is 10.0. The van der Waals surface area contributed by atoms with Crippen molar-refractivity contribution in [2.24, 2.45) is 5.92 Å². The van der Waals surface area contributed by atoms with Crippen LogP contribution in [0.1, 0.15) is 67.7 Å². The first kappa shape index (κ1) is 33.0. The van der Waals surface area contributed by atoms with Crippen LogP contribution in [0.2, 0.25) is 0 Å². The number of carbonyl (C=O) groups is 4. The third-order valence-corrected chi connectivity index (χ3v) is 6.58. The van der Waals surface area contributed by atoms with Gasteiger partial charge in [0.05, 0.1) is 19.8 Å². The Morgan fingerprint density at radius 2 is 1.43 bits per heavy atom. The minimum absolute atomic E-state index is 0.173. The molecule has 13 heteroatoms. The first-order valence-corrected chi connectivity index (χ1v) is 13.6. The average molecular weight is 523 g/mol. The van der Waals surface area contributed by atoms with Crippen LogP contribution in [0.5, 0.6) is 0 Å². The van der Waals surface area contributed by atoms with Gasteiger partial charge >= 0.3 is 13.7 Å². The molecule has 0 saturated heterocycles. The fourth-order valence-electron chi connectivity index (χ4n) is 3.08. The monoisotopic (exact) mass is 522 g/mol. The van der Waals surface area contributed by atoms with Gasteiger partial charge in [-0.2, -0.15) is 0 Å². The molecule has 0 radical (unpaired) electrons. The fraction of sp³-hybridized carbons (Fsp3) is 0.818. The highest BCUT2D eigenvalue weighted by atomic mass is 31.2. The van der Waals surface area contributed by atoms with Gasteiger partial charge in [0.1, 0.15) is 18.1 Å². The van der Waals surface area contributed by atoms with Gasteiger partial charge in [0.2, 0.25) is 17.7 Å². The van der Waals surface area contributed by atoms with E-state index in [1.165, 1.54) is 13.8 Å². The van der Waals surface area contributed by atoms with E-state index < -0.39 is 43.7 Å². The van der Waals surface area contributed by atoms with Gasteiger partial charge in [-0.1, -0.05) is 13.8 Å². The molecule has 204 valence electrons. The second-order valence-electron chi connectivity index (χ2n) is 8.20. The summed E-state index contributed by atoms with van der Waals surface area (Å²) in [6.07, 6.45) is 1.23. The van der Waals surface area contributed by atoms with Crippen LogP contribution < -0.4 is 21.0 Å². The highest BCUT2D eigenvalue weighted by molar-refractivity contribution is 7.51. The van der Waals surface area contributed by atoms with E-state index in [9.17, 15) is 23.7 Å². The molecule has 0 bridgehead atoms. The van der Waals surface area contributed by atoms with Gasteiger partial charge in [-0.3, -0.25) is 23.4 Å². The summed E-state index contributed by atoms with van der Waals surface area (Å²) >= 11 is 0. The molecular weight excluding hydrogens is 479 g/mol. The predicted octanol–water partition coefficient (Wildman–Crippen LogP) is 1.64. The minimum Gasteiger partial charge on any atom is -0.464 e. The molecule has 12 nitrogen and oxygen atoms in total. The number of amides is 3. The van der Waals surface area contributed by atoms with E-state index in [-0.39, 0.29) is 38.1 Å². The van der Waals surface area contributed by atoms with Crippen LogP contribution in [-0.4, -0.2) is 68.2 Å². The number of nitrogens with one attached hydrogen (secondary N) is 4. The number of ether oxygens (including phenoxy) is 1. The lowest BCUT2D eigenvalue weighted by molar-refractivity contribution is -0.149. The van der Waals surface area contributed by atoms with Gasteiger partial charge in [0, 0.05) is 13.5 Å². The summed E-state index contributed by atoms with van der Waals surface area (Å²) in [5.41, 5.74) is 0. The number of rotatable bonds is 18. The van der Waals surface area contributed by atoms with Crippen LogP contribution >= 0.6 is 7.75 Å². The summed E-state index contributed by atoms with van der Waals surface area (Å²) in [5, 5.41) is 10.6. The lowest BCUT2D eigenvalue weighted by atomic mass is 10.0. The Hall–Kier alpha value is -2.01. The molecule has 0 unspecified atom stereocenters. The number of hydrogen-bond donors (Lipinski definition) is 4. The van der Waals surface area contributed by atoms with Crippen molar-refractivity contribution in [2.45, 2.75) is 85.9 Å². The van der Waals surface area contributed by atoms with E-state index in [1.54, 1.807) is 34.6 Å². The summed E-state index contributed by atoms with van der Waals surface area (Å²) in [6, 6.07) is -2.68. The first-order chi connectivity index (χ1) is 16.4. The number of esters is 1. The van der Waals surface area contributed by atoms with E-state index in [1.807, 2.05) is 0 Å². The summed E-state index contributed by atoms with van der Waals surface area (Å²) in [5.74, 6) is -2.24. The van der Waals surface area contributed by atoms with Gasteiger partial charge < -0.3 is 20.7 Å². The smallest absolute Gasteiger partial charge is 0.405 e. The molecule has 0 spiro atoms. The largest absolute Gasteiger partial charge is 0.464 e. The average Bonchev–Trinajstić information content (AvgIpc) is 2.75. The highest BCUT2D eigenvalue weighted by Crippen LogP contribution is 2.43. The topological polar surface area (TPSA) is 161 Å². The van der Waals surface area contributed by atoms with Gasteiger partial charge in [0.15, 0.2) is 0 Å². The van der Waals surface area contributed by atoms with Crippen molar-refractivity contribution >= 4 is 31.4 Å². The standard InChI is InChI=1S/C22H43N4O8P/c1-8-32-22(30)19(15(4)5)26-21(29)18(25-20(28)16(6)24-17(7)27)13-11-12-14-23-35(31,33-9-2)34-10-3/h15-16,18-19H,8-14H2,1-7H3,(H,23,31)(H,24,27)(H,25,28)(H,26,29)/t16-,18-,19-/m0/s1. The summed E-state index contributed by atoms with van der Waals surface area (Å²) in [6.45, 7) is 12.4. The Labute approximate surface area is 208 Å². The Morgan fingerprint density at radius 1 is 0.829 bits per heavy atom. The Balaban J connectivity index is 5.23. The molecule has 0 aliphatic carbocycles. The quantitative estimate of drug-likeness (QED) is 0.119. The summed E-state index contributed by atoms with van der Waals surface area (Å²) in [4.78, 5) is 49.1.